The highest BCUT2D eigenvalue weighted by atomic mass is 35.5. The van der Waals surface area contributed by atoms with Crippen molar-refractivity contribution in [3.63, 3.8) is 0 Å². The Hall–Kier alpha value is -3.05. The number of aliphatic hydroxyl groups excluding tert-OH is 1. The molecule has 198 valence electrons. The van der Waals surface area contributed by atoms with Gasteiger partial charge in [0, 0.05) is 18.0 Å². The second kappa shape index (κ2) is 10.4. The molecule has 0 bridgehead atoms. The molecule has 0 saturated heterocycles. The van der Waals surface area contributed by atoms with Crippen molar-refractivity contribution in [3.05, 3.63) is 35.0 Å². The van der Waals surface area contributed by atoms with Crippen LogP contribution in [0.25, 0.3) is 11.2 Å². The first-order valence-electron chi connectivity index (χ1n) is 12.6. The van der Waals surface area contributed by atoms with Gasteiger partial charge in [-0.2, -0.15) is 4.98 Å². The molecule has 5 N–H and O–H groups in total. The summed E-state index contributed by atoms with van der Waals surface area (Å²) in [5, 5.41) is 16.2. The Bertz CT molecular complexity index is 1310. The number of benzene rings is 1. The normalized spacial score (nSPS) is 26.2. The van der Waals surface area contributed by atoms with Crippen LogP contribution in [-0.2, 0) is 4.79 Å². The van der Waals surface area contributed by atoms with E-state index in [9.17, 15) is 18.7 Å². The van der Waals surface area contributed by atoms with Crippen LogP contribution in [0, 0.1) is 23.5 Å². The minimum atomic E-state index is -1.15. The van der Waals surface area contributed by atoms with Crippen LogP contribution in [0.5, 0.6) is 0 Å². The molecule has 0 radical (unpaired) electrons. The van der Waals surface area contributed by atoms with Crippen LogP contribution in [0.2, 0.25) is 5.02 Å². The van der Waals surface area contributed by atoms with Crippen LogP contribution in [0.3, 0.4) is 0 Å². The summed E-state index contributed by atoms with van der Waals surface area (Å²) < 4.78 is 30.6. The molecular formula is C25H30ClF2N7O2. The molecule has 37 heavy (non-hydrogen) atoms. The van der Waals surface area contributed by atoms with Crippen molar-refractivity contribution in [2.45, 2.75) is 70.1 Å². The molecule has 0 unspecified atom stereocenters. The summed E-state index contributed by atoms with van der Waals surface area (Å²) in [6.07, 6.45) is 6.11. The number of primary amides is 1. The first-order valence-corrected chi connectivity index (χ1v) is 13.0. The highest BCUT2D eigenvalue weighted by molar-refractivity contribution is 6.30. The highest BCUT2D eigenvalue weighted by Crippen LogP contribution is 2.38. The van der Waals surface area contributed by atoms with E-state index in [4.69, 9.17) is 22.3 Å². The average Bonchev–Trinajstić information content (AvgIpc) is 3.24. The van der Waals surface area contributed by atoms with Crippen molar-refractivity contribution >= 4 is 46.3 Å². The number of halogens is 3. The number of nitrogens with two attached hydrogens (primary N) is 1. The van der Waals surface area contributed by atoms with Crippen LogP contribution in [0.15, 0.2) is 18.3 Å². The lowest BCUT2D eigenvalue weighted by atomic mass is 9.85. The maximum absolute atomic E-state index is 14.6. The number of hydrogen-bond donors (Lipinski definition) is 4. The van der Waals surface area contributed by atoms with Gasteiger partial charge >= 0.3 is 0 Å². The van der Waals surface area contributed by atoms with Gasteiger partial charge < -0.3 is 21.5 Å². The van der Waals surface area contributed by atoms with Crippen LogP contribution in [-0.4, -0.2) is 42.7 Å². The standard InChI is InChI=1S/C25H30ClF2N7O2/c1-12-2-5-14(10-19(12)36)31-24-30-11-18-23(34-24)35(15-6-3-13(4-7-15)22(29)37)25(33-18)32-17-9-8-16(26)20(27)21(17)28/h8-9,11-15,19,36H,2-7,10H2,1H3,(H2,29,37)(H,32,33)(H,30,31,34)/t12-,13-,14-,15+,19-/m1/s1. The van der Waals surface area contributed by atoms with Crippen LogP contribution < -0.4 is 16.4 Å². The van der Waals surface area contributed by atoms with Crippen molar-refractivity contribution in [1.29, 1.82) is 0 Å². The van der Waals surface area contributed by atoms with Crippen molar-refractivity contribution in [1.82, 2.24) is 19.5 Å². The highest BCUT2D eigenvalue weighted by Gasteiger charge is 2.30. The zero-order valence-electron chi connectivity index (χ0n) is 20.4. The van der Waals surface area contributed by atoms with E-state index in [1.165, 1.54) is 12.1 Å². The first kappa shape index (κ1) is 25.6. The van der Waals surface area contributed by atoms with Gasteiger partial charge in [-0.3, -0.25) is 9.36 Å². The van der Waals surface area contributed by atoms with Gasteiger partial charge in [0.2, 0.25) is 17.8 Å². The Morgan fingerprint density at radius 1 is 1.14 bits per heavy atom. The molecule has 2 saturated carbocycles. The summed E-state index contributed by atoms with van der Waals surface area (Å²) in [6, 6.07) is 2.56. The number of fused-ring (bicyclic) bond motifs is 1. The molecule has 0 aliphatic heterocycles. The molecule has 9 nitrogen and oxygen atoms in total. The number of aromatic nitrogens is 4. The predicted molar refractivity (Wildman–Crippen MR) is 137 cm³/mol. The lowest BCUT2D eigenvalue weighted by Gasteiger charge is -2.31. The lowest BCUT2D eigenvalue weighted by molar-refractivity contribution is -0.122. The number of hydrogen-bond acceptors (Lipinski definition) is 7. The molecule has 3 aromatic rings. The summed E-state index contributed by atoms with van der Waals surface area (Å²) in [6.45, 7) is 2.04. The van der Waals surface area contributed by atoms with E-state index in [0.717, 1.165) is 12.8 Å². The third-order valence-electron chi connectivity index (χ3n) is 7.67. The molecule has 12 heteroatoms. The number of carbonyl (C=O) groups is 1. The third kappa shape index (κ3) is 5.19. The smallest absolute Gasteiger partial charge is 0.224 e. The van der Waals surface area contributed by atoms with Crippen LogP contribution in [0.4, 0.5) is 26.4 Å². The predicted octanol–water partition coefficient (Wildman–Crippen LogP) is 4.68. The maximum atomic E-state index is 14.6. The quantitative estimate of drug-likeness (QED) is 0.338. The van der Waals surface area contributed by atoms with E-state index < -0.39 is 11.6 Å². The van der Waals surface area contributed by atoms with Gasteiger partial charge in [-0.15, -0.1) is 0 Å². The number of imidazole rings is 1. The lowest BCUT2D eigenvalue weighted by Crippen LogP contribution is -2.35. The topological polar surface area (TPSA) is 131 Å². The molecule has 1 amide bonds. The fourth-order valence-electron chi connectivity index (χ4n) is 5.37. The van der Waals surface area contributed by atoms with Crippen LogP contribution >= 0.6 is 11.6 Å². The summed E-state index contributed by atoms with van der Waals surface area (Å²) >= 11 is 5.72. The summed E-state index contributed by atoms with van der Waals surface area (Å²) in [5.41, 5.74) is 6.42. The summed E-state index contributed by atoms with van der Waals surface area (Å²) in [4.78, 5) is 25.4. The molecule has 1 aromatic carbocycles. The zero-order valence-corrected chi connectivity index (χ0v) is 21.2. The Morgan fingerprint density at radius 2 is 1.89 bits per heavy atom. The molecule has 0 spiro atoms. The molecule has 2 aromatic heterocycles. The second-order valence-corrected chi connectivity index (χ2v) is 10.6. The monoisotopic (exact) mass is 533 g/mol. The summed E-state index contributed by atoms with van der Waals surface area (Å²) in [7, 11) is 0. The minimum Gasteiger partial charge on any atom is -0.393 e. The molecule has 2 aliphatic carbocycles. The SMILES string of the molecule is C[C@@H]1CC[C@@H](Nc2ncc3nc(Nc4ccc(Cl)c(F)c4F)n([C@H]4CC[C@@H](C(N)=O)CC4)c3n2)C[C@H]1O. The first-order chi connectivity index (χ1) is 17.7. The molecule has 3 atom stereocenters. The van der Waals surface area contributed by atoms with E-state index in [2.05, 4.69) is 20.6 Å². The number of carbonyl (C=O) groups excluding carboxylic acids is 1. The zero-order chi connectivity index (χ0) is 26.3. The fraction of sp³-hybridized carbons (Fsp3) is 0.520. The molecular weight excluding hydrogens is 504 g/mol. The van der Waals surface area contributed by atoms with Crippen molar-refractivity contribution in [2.24, 2.45) is 17.6 Å². The van der Waals surface area contributed by atoms with E-state index in [-0.39, 0.29) is 52.6 Å². The van der Waals surface area contributed by atoms with E-state index >= 15 is 0 Å². The Morgan fingerprint density at radius 3 is 2.59 bits per heavy atom. The largest absolute Gasteiger partial charge is 0.393 e. The Labute approximate surface area is 217 Å². The van der Waals surface area contributed by atoms with Gasteiger partial charge in [-0.1, -0.05) is 18.5 Å². The van der Waals surface area contributed by atoms with E-state index in [0.29, 0.717) is 49.2 Å². The third-order valence-corrected chi connectivity index (χ3v) is 7.96. The van der Waals surface area contributed by atoms with Crippen LogP contribution in [0.1, 0.15) is 57.9 Å². The van der Waals surface area contributed by atoms with Gasteiger partial charge in [0.15, 0.2) is 17.3 Å². The Kier molecular flexibility index (Phi) is 7.17. The van der Waals surface area contributed by atoms with Gasteiger partial charge in [-0.25, -0.2) is 18.7 Å². The molecule has 2 heterocycles. The Balaban J connectivity index is 1.49. The average molecular weight is 534 g/mol. The van der Waals surface area contributed by atoms with Gasteiger partial charge in [-0.05, 0) is 63.0 Å². The maximum Gasteiger partial charge on any atom is 0.224 e. The molecule has 5 rings (SSSR count). The van der Waals surface area contributed by atoms with Crippen molar-refractivity contribution in [3.8, 4) is 0 Å². The fourth-order valence-corrected chi connectivity index (χ4v) is 5.51. The van der Waals surface area contributed by atoms with Gasteiger partial charge in [0.25, 0.3) is 0 Å². The molecule has 2 fully saturated rings. The number of rotatable bonds is 6. The second-order valence-electron chi connectivity index (χ2n) is 10.2. The number of anilines is 3. The van der Waals surface area contributed by atoms with Gasteiger partial charge in [0.1, 0.15) is 5.52 Å². The number of amides is 1. The van der Waals surface area contributed by atoms with Crippen molar-refractivity contribution < 1.29 is 18.7 Å². The number of aliphatic hydroxyl groups is 1. The van der Waals surface area contributed by atoms with E-state index in [1.807, 2.05) is 11.5 Å². The number of nitrogens with zero attached hydrogens (tertiary/aromatic N) is 4. The summed E-state index contributed by atoms with van der Waals surface area (Å²) in [5.74, 6) is -1.83. The van der Waals surface area contributed by atoms with E-state index in [1.54, 1.807) is 6.20 Å². The minimum absolute atomic E-state index is 0.0368. The van der Waals surface area contributed by atoms with Crippen molar-refractivity contribution in [2.75, 3.05) is 10.6 Å². The molecule has 2 aliphatic rings. The number of nitrogens with one attached hydrogen (secondary N) is 2. The van der Waals surface area contributed by atoms with Gasteiger partial charge in [0.05, 0.1) is 23.0 Å².